The number of aliphatic imine (C=N–C) groups is 1. The number of nitrogens with one attached hydrogen (secondary N) is 2. The Hall–Kier alpha value is -1.19. The number of guanidine groups is 1. The molecule has 2 rings (SSSR count). The molecule has 0 bridgehead atoms. The lowest BCUT2D eigenvalue weighted by molar-refractivity contribution is 0.0652. The largest absolute Gasteiger partial charge is 0.374 e. The molecule has 1 aromatic heterocycles. The third-order valence-electron chi connectivity index (χ3n) is 3.89. The van der Waals surface area contributed by atoms with Crippen LogP contribution in [0.3, 0.4) is 0 Å². The monoisotopic (exact) mass is 502 g/mol. The molecule has 0 fully saturated rings. The lowest BCUT2D eigenvalue weighted by atomic mass is 10.1. The van der Waals surface area contributed by atoms with Crippen molar-refractivity contribution in [2.45, 2.75) is 39.7 Å². The summed E-state index contributed by atoms with van der Waals surface area (Å²) in [4.78, 5) is 9.10. The SMILES string of the molecule is CCNC(=NCCCOC(C)c1ccccc1)NCCc1csc(C)n1.I. The van der Waals surface area contributed by atoms with E-state index < -0.39 is 0 Å². The standard InChI is InChI=1S/C20H30N4OS.HI/c1-4-21-20(23-13-11-19-15-26-17(3)24-19)22-12-8-14-25-16(2)18-9-6-5-7-10-18;/h5-7,9-10,15-16H,4,8,11-14H2,1-3H3,(H2,21,22,23);1H. The maximum Gasteiger partial charge on any atom is 0.191 e. The molecule has 1 heterocycles. The van der Waals surface area contributed by atoms with E-state index in [9.17, 15) is 0 Å². The zero-order chi connectivity index (χ0) is 18.6. The van der Waals surface area contributed by atoms with Gasteiger partial charge in [0.2, 0.25) is 0 Å². The molecule has 1 atom stereocenters. The van der Waals surface area contributed by atoms with Gasteiger partial charge in [-0.3, -0.25) is 4.99 Å². The average molecular weight is 502 g/mol. The molecule has 0 saturated heterocycles. The highest BCUT2D eigenvalue weighted by Gasteiger charge is 2.04. The van der Waals surface area contributed by atoms with Gasteiger partial charge in [-0.2, -0.15) is 0 Å². The summed E-state index contributed by atoms with van der Waals surface area (Å²) >= 11 is 1.69. The van der Waals surface area contributed by atoms with Gasteiger partial charge in [0.1, 0.15) is 0 Å². The first-order valence-corrected chi connectivity index (χ1v) is 10.2. The Labute approximate surface area is 184 Å². The quantitative estimate of drug-likeness (QED) is 0.220. The van der Waals surface area contributed by atoms with Crippen LogP contribution in [0.15, 0.2) is 40.7 Å². The van der Waals surface area contributed by atoms with Gasteiger partial charge in [0.05, 0.1) is 16.8 Å². The van der Waals surface area contributed by atoms with Gasteiger partial charge in [-0.05, 0) is 32.8 Å². The number of thiazole rings is 1. The zero-order valence-electron chi connectivity index (χ0n) is 16.4. The van der Waals surface area contributed by atoms with Gasteiger partial charge in [-0.25, -0.2) is 4.98 Å². The Bertz CT molecular complexity index is 663. The second-order valence-electron chi connectivity index (χ2n) is 6.07. The summed E-state index contributed by atoms with van der Waals surface area (Å²) in [6.07, 6.45) is 1.93. The van der Waals surface area contributed by atoms with Crippen LogP contribution in [0, 0.1) is 6.92 Å². The fourth-order valence-electron chi connectivity index (χ4n) is 2.51. The number of benzene rings is 1. The summed E-state index contributed by atoms with van der Waals surface area (Å²) in [5.74, 6) is 0.857. The van der Waals surface area contributed by atoms with Crippen molar-refractivity contribution in [2.75, 3.05) is 26.2 Å². The lowest BCUT2D eigenvalue weighted by Gasteiger charge is -2.13. The van der Waals surface area contributed by atoms with Gasteiger partial charge in [0.15, 0.2) is 5.96 Å². The molecule has 5 nitrogen and oxygen atoms in total. The number of nitrogens with zero attached hydrogens (tertiary/aromatic N) is 2. The average Bonchev–Trinajstić information content (AvgIpc) is 3.07. The van der Waals surface area contributed by atoms with Gasteiger partial charge in [-0.15, -0.1) is 35.3 Å². The van der Waals surface area contributed by atoms with Crippen LogP contribution in [0.4, 0.5) is 0 Å². The van der Waals surface area contributed by atoms with Gasteiger partial charge in [0, 0.05) is 38.0 Å². The molecule has 7 heteroatoms. The third kappa shape index (κ3) is 9.53. The van der Waals surface area contributed by atoms with Gasteiger partial charge in [0.25, 0.3) is 0 Å². The zero-order valence-corrected chi connectivity index (χ0v) is 19.6. The predicted molar refractivity (Wildman–Crippen MR) is 125 cm³/mol. The molecule has 0 aliphatic heterocycles. The molecule has 0 spiro atoms. The number of ether oxygens (including phenoxy) is 1. The predicted octanol–water partition coefficient (Wildman–Crippen LogP) is 4.34. The van der Waals surface area contributed by atoms with E-state index in [4.69, 9.17) is 4.74 Å². The van der Waals surface area contributed by atoms with Crippen LogP contribution in [-0.2, 0) is 11.2 Å². The number of halogens is 1. The van der Waals surface area contributed by atoms with E-state index in [-0.39, 0.29) is 30.1 Å². The molecule has 27 heavy (non-hydrogen) atoms. The highest BCUT2D eigenvalue weighted by molar-refractivity contribution is 14.0. The van der Waals surface area contributed by atoms with Crippen molar-refractivity contribution < 1.29 is 4.74 Å². The highest BCUT2D eigenvalue weighted by Crippen LogP contribution is 2.15. The molecule has 1 unspecified atom stereocenters. The number of hydrogen-bond acceptors (Lipinski definition) is 4. The Kier molecular flexibility index (Phi) is 12.3. The number of aromatic nitrogens is 1. The Morgan fingerprint density at radius 2 is 2.04 bits per heavy atom. The second kappa shape index (κ2) is 13.9. The van der Waals surface area contributed by atoms with Crippen molar-refractivity contribution >= 4 is 41.3 Å². The summed E-state index contributed by atoms with van der Waals surface area (Å²) < 4.78 is 5.89. The minimum Gasteiger partial charge on any atom is -0.374 e. The number of hydrogen-bond donors (Lipinski definition) is 2. The van der Waals surface area contributed by atoms with Gasteiger partial charge < -0.3 is 15.4 Å². The fourth-order valence-corrected chi connectivity index (χ4v) is 3.16. The van der Waals surface area contributed by atoms with Crippen molar-refractivity contribution in [3.63, 3.8) is 0 Å². The topological polar surface area (TPSA) is 58.5 Å². The lowest BCUT2D eigenvalue weighted by Crippen LogP contribution is -2.38. The van der Waals surface area contributed by atoms with Crippen LogP contribution in [0.5, 0.6) is 0 Å². The van der Waals surface area contributed by atoms with Crippen LogP contribution >= 0.6 is 35.3 Å². The van der Waals surface area contributed by atoms with Crippen molar-refractivity contribution in [3.8, 4) is 0 Å². The maximum absolute atomic E-state index is 5.89. The molecule has 2 N–H and O–H groups in total. The first-order valence-electron chi connectivity index (χ1n) is 9.28. The summed E-state index contributed by atoms with van der Waals surface area (Å²) in [7, 11) is 0. The molecule has 0 saturated carbocycles. The van der Waals surface area contributed by atoms with Crippen LogP contribution in [0.2, 0.25) is 0 Å². The molecular weight excluding hydrogens is 471 g/mol. The number of rotatable bonds is 10. The molecule has 0 aliphatic rings. The minimum absolute atomic E-state index is 0. The Balaban J connectivity index is 0.00000364. The smallest absolute Gasteiger partial charge is 0.191 e. The molecule has 1 aromatic carbocycles. The van der Waals surface area contributed by atoms with Crippen LogP contribution in [0.25, 0.3) is 0 Å². The fraction of sp³-hybridized carbons (Fsp3) is 0.500. The van der Waals surface area contributed by atoms with Gasteiger partial charge >= 0.3 is 0 Å². The summed E-state index contributed by atoms with van der Waals surface area (Å²) in [5.41, 5.74) is 2.35. The van der Waals surface area contributed by atoms with E-state index in [1.807, 2.05) is 25.1 Å². The molecule has 0 aliphatic carbocycles. The summed E-state index contributed by atoms with van der Waals surface area (Å²) in [6.45, 7) is 9.33. The Morgan fingerprint density at radius 3 is 2.70 bits per heavy atom. The Morgan fingerprint density at radius 1 is 1.26 bits per heavy atom. The minimum atomic E-state index is 0. The highest BCUT2D eigenvalue weighted by atomic mass is 127. The summed E-state index contributed by atoms with van der Waals surface area (Å²) in [5, 5.41) is 9.88. The van der Waals surface area contributed by atoms with E-state index in [0.29, 0.717) is 6.61 Å². The first-order chi connectivity index (χ1) is 12.7. The number of aryl methyl sites for hydroxylation is 1. The normalized spacial score (nSPS) is 12.3. The van der Waals surface area contributed by atoms with E-state index in [1.165, 1.54) is 5.56 Å². The third-order valence-corrected chi connectivity index (χ3v) is 4.72. The van der Waals surface area contributed by atoms with E-state index in [2.05, 4.69) is 52.0 Å². The second-order valence-corrected chi connectivity index (χ2v) is 7.13. The molecule has 0 radical (unpaired) electrons. The molecule has 0 amide bonds. The first kappa shape index (κ1) is 23.8. The molecular formula is C20H31IN4OS. The maximum atomic E-state index is 5.89. The van der Waals surface area contributed by atoms with Crippen LogP contribution in [0.1, 0.15) is 42.6 Å². The van der Waals surface area contributed by atoms with Crippen LogP contribution in [-0.4, -0.2) is 37.2 Å². The van der Waals surface area contributed by atoms with E-state index in [0.717, 1.165) is 49.1 Å². The van der Waals surface area contributed by atoms with E-state index >= 15 is 0 Å². The van der Waals surface area contributed by atoms with E-state index in [1.54, 1.807) is 11.3 Å². The van der Waals surface area contributed by atoms with Crippen LogP contribution < -0.4 is 10.6 Å². The van der Waals surface area contributed by atoms with Crippen molar-refractivity contribution in [1.29, 1.82) is 0 Å². The van der Waals surface area contributed by atoms with Crippen molar-refractivity contribution in [2.24, 2.45) is 4.99 Å². The molecule has 150 valence electrons. The molecule has 2 aromatic rings. The summed E-state index contributed by atoms with van der Waals surface area (Å²) in [6, 6.07) is 10.3. The van der Waals surface area contributed by atoms with Crippen molar-refractivity contribution in [1.82, 2.24) is 15.6 Å². The van der Waals surface area contributed by atoms with Crippen molar-refractivity contribution in [3.05, 3.63) is 52.0 Å². The van der Waals surface area contributed by atoms with Gasteiger partial charge in [-0.1, -0.05) is 30.3 Å².